The normalized spacial score (nSPS) is 10.7. The van der Waals surface area contributed by atoms with Crippen LogP contribution < -0.4 is 11.1 Å². The van der Waals surface area contributed by atoms with E-state index in [4.69, 9.17) is 10.5 Å². The molecule has 3 N–H and O–H groups in total. The van der Waals surface area contributed by atoms with E-state index in [1.807, 2.05) is 13.8 Å². The maximum atomic E-state index is 11.9. The number of anilines is 1. The smallest absolute Gasteiger partial charge is 0.253 e. The Morgan fingerprint density at radius 3 is 2.89 bits per heavy atom. The molecule has 0 aliphatic carbocycles. The van der Waals surface area contributed by atoms with Crippen LogP contribution in [0.5, 0.6) is 0 Å². The summed E-state index contributed by atoms with van der Waals surface area (Å²) in [4.78, 5) is 16.0. The summed E-state index contributed by atoms with van der Waals surface area (Å²) in [5, 5.41) is 2.87. The summed E-state index contributed by atoms with van der Waals surface area (Å²) >= 11 is 0. The third-order valence-corrected chi connectivity index (χ3v) is 2.66. The van der Waals surface area contributed by atoms with Gasteiger partial charge in [0.05, 0.1) is 29.2 Å². The molecule has 1 aromatic rings. The lowest BCUT2D eigenvalue weighted by molar-refractivity contribution is 0.0754. The average Bonchev–Trinajstić information content (AvgIpc) is 2.36. The quantitative estimate of drug-likeness (QED) is 0.738. The van der Waals surface area contributed by atoms with Crippen LogP contribution in [0.2, 0.25) is 0 Å². The SMILES string of the molecule is Cc1ncc(N)cc1C(=O)NCCCCOC(C)C. The van der Waals surface area contributed by atoms with Gasteiger partial charge in [-0.05, 0) is 39.7 Å². The van der Waals surface area contributed by atoms with E-state index in [9.17, 15) is 4.79 Å². The van der Waals surface area contributed by atoms with Crippen molar-refractivity contribution in [3.63, 3.8) is 0 Å². The highest BCUT2D eigenvalue weighted by Gasteiger charge is 2.09. The minimum absolute atomic E-state index is 0.123. The minimum atomic E-state index is -0.123. The Bertz CT molecular complexity index is 419. The van der Waals surface area contributed by atoms with Crippen molar-refractivity contribution in [1.82, 2.24) is 10.3 Å². The Hall–Kier alpha value is -1.62. The van der Waals surface area contributed by atoms with Gasteiger partial charge in [0.2, 0.25) is 0 Å². The largest absolute Gasteiger partial charge is 0.397 e. The monoisotopic (exact) mass is 265 g/mol. The lowest BCUT2D eigenvalue weighted by atomic mass is 10.2. The summed E-state index contributed by atoms with van der Waals surface area (Å²) < 4.78 is 5.43. The molecular weight excluding hydrogens is 242 g/mol. The molecule has 1 heterocycles. The summed E-state index contributed by atoms with van der Waals surface area (Å²) in [6.45, 7) is 7.18. The molecule has 0 aliphatic heterocycles. The predicted molar refractivity (Wildman–Crippen MR) is 76.0 cm³/mol. The number of hydrogen-bond acceptors (Lipinski definition) is 4. The van der Waals surface area contributed by atoms with Gasteiger partial charge in [-0.25, -0.2) is 0 Å². The second-order valence-corrected chi connectivity index (χ2v) is 4.78. The number of nitrogens with one attached hydrogen (secondary N) is 1. The van der Waals surface area contributed by atoms with E-state index in [2.05, 4.69) is 10.3 Å². The van der Waals surface area contributed by atoms with Crippen LogP contribution in [0, 0.1) is 6.92 Å². The van der Waals surface area contributed by atoms with E-state index in [-0.39, 0.29) is 12.0 Å². The third-order valence-electron chi connectivity index (χ3n) is 2.66. The van der Waals surface area contributed by atoms with Crippen LogP contribution in [0.1, 0.15) is 42.7 Å². The number of carbonyl (C=O) groups is 1. The Morgan fingerprint density at radius 2 is 2.21 bits per heavy atom. The van der Waals surface area contributed by atoms with Gasteiger partial charge in [0.15, 0.2) is 0 Å². The topological polar surface area (TPSA) is 77.2 Å². The van der Waals surface area contributed by atoms with Gasteiger partial charge in [-0.15, -0.1) is 0 Å². The Morgan fingerprint density at radius 1 is 1.47 bits per heavy atom. The molecule has 5 nitrogen and oxygen atoms in total. The van der Waals surface area contributed by atoms with E-state index in [1.165, 1.54) is 0 Å². The highest BCUT2D eigenvalue weighted by molar-refractivity contribution is 5.95. The Balaban J connectivity index is 2.29. The molecule has 19 heavy (non-hydrogen) atoms. The van der Waals surface area contributed by atoms with Crippen molar-refractivity contribution in [2.45, 2.75) is 39.7 Å². The van der Waals surface area contributed by atoms with Crippen LogP contribution in [0.15, 0.2) is 12.3 Å². The highest BCUT2D eigenvalue weighted by atomic mass is 16.5. The van der Waals surface area contributed by atoms with Gasteiger partial charge >= 0.3 is 0 Å². The summed E-state index contributed by atoms with van der Waals surface area (Å²) in [6.07, 6.45) is 3.64. The molecule has 1 aromatic heterocycles. The van der Waals surface area contributed by atoms with Gasteiger partial charge in [-0.3, -0.25) is 9.78 Å². The second kappa shape index (κ2) is 7.74. The van der Waals surface area contributed by atoms with E-state index in [0.717, 1.165) is 19.4 Å². The number of nitrogens with zero attached hydrogens (tertiary/aromatic N) is 1. The first-order chi connectivity index (χ1) is 9.00. The number of amides is 1. The van der Waals surface area contributed by atoms with E-state index in [1.54, 1.807) is 19.2 Å². The number of pyridine rings is 1. The van der Waals surface area contributed by atoms with Gasteiger partial charge in [0.1, 0.15) is 0 Å². The first kappa shape index (κ1) is 15.4. The molecule has 0 radical (unpaired) electrons. The fourth-order valence-corrected chi connectivity index (χ4v) is 1.62. The molecule has 0 saturated heterocycles. The zero-order chi connectivity index (χ0) is 14.3. The maximum Gasteiger partial charge on any atom is 0.253 e. The number of nitrogen functional groups attached to an aromatic ring is 1. The van der Waals surface area contributed by atoms with E-state index in [0.29, 0.717) is 23.5 Å². The molecule has 0 unspecified atom stereocenters. The summed E-state index contributed by atoms with van der Waals surface area (Å²) in [5.41, 5.74) is 7.36. The van der Waals surface area contributed by atoms with Gasteiger partial charge < -0.3 is 15.8 Å². The molecule has 1 rings (SSSR count). The van der Waals surface area contributed by atoms with Crippen molar-refractivity contribution in [2.24, 2.45) is 0 Å². The highest BCUT2D eigenvalue weighted by Crippen LogP contribution is 2.09. The summed E-state index contributed by atoms with van der Waals surface area (Å²) in [6, 6.07) is 1.65. The standard InChI is InChI=1S/C14H23N3O2/c1-10(2)19-7-5-4-6-16-14(18)13-8-12(15)9-17-11(13)3/h8-10H,4-7,15H2,1-3H3,(H,16,18). The molecule has 0 aromatic carbocycles. The number of nitrogens with two attached hydrogens (primary N) is 1. The Labute approximate surface area is 114 Å². The second-order valence-electron chi connectivity index (χ2n) is 4.78. The minimum Gasteiger partial charge on any atom is -0.397 e. The van der Waals surface area contributed by atoms with Crippen LogP contribution in [0.4, 0.5) is 5.69 Å². The van der Waals surface area contributed by atoms with E-state index < -0.39 is 0 Å². The lowest BCUT2D eigenvalue weighted by Gasteiger charge is -2.09. The number of carbonyl (C=O) groups excluding carboxylic acids is 1. The summed E-state index contributed by atoms with van der Waals surface area (Å²) in [7, 11) is 0. The lowest BCUT2D eigenvalue weighted by Crippen LogP contribution is -2.25. The van der Waals surface area contributed by atoms with Crippen LogP contribution in [-0.2, 0) is 4.74 Å². The number of aromatic nitrogens is 1. The van der Waals surface area contributed by atoms with Crippen molar-refractivity contribution in [1.29, 1.82) is 0 Å². The third kappa shape index (κ3) is 5.70. The molecule has 1 amide bonds. The average molecular weight is 265 g/mol. The number of rotatable bonds is 7. The number of aryl methyl sites for hydroxylation is 1. The van der Waals surface area contributed by atoms with E-state index >= 15 is 0 Å². The van der Waals surface area contributed by atoms with Crippen LogP contribution >= 0.6 is 0 Å². The van der Waals surface area contributed by atoms with Crippen LogP contribution in [0.25, 0.3) is 0 Å². The van der Waals surface area contributed by atoms with Crippen molar-refractivity contribution >= 4 is 11.6 Å². The molecule has 0 bridgehead atoms. The molecule has 0 fully saturated rings. The van der Waals surface area contributed by atoms with Crippen LogP contribution in [0.3, 0.4) is 0 Å². The number of ether oxygens (including phenoxy) is 1. The van der Waals surface area contributed by atoms with Crippen molar-refractivity contribution < 1.29 is 9.53 Å². The maximum absolute atomic E-state index is 11.9. The van der Waals surface area contributed by atoms with Gasteiger partial charge in [-0.1, -0.05) is 0 Å². The molecule has 0 spiro atoms. The molecule has 0 atom stereocenters. The zero-order valence-corrected chi connectivity index (χ0v) is 11.9. The van der Waals surface area contributed by atoms with Crippen molar-refractivity contribution in [2.75, 3.05) is 18.9 Å². The molecule has 106 valence electrons. The van der Waals surface area contributed by atoms with Gasteiger partial charge in [0.25, 0.3) is 5.91 Å². The van der Waals surface area contributed by atoms with Crippen molar-refractivity contribution in [3.8, 4) is 0 Å². The van der Waals surface area contributed by atoms with Crippen LogP contribution in [-0.4, -0.2) is 30.1 Å². The Kier molecular flexibility index (Phi) is 6.29. The van der Waals surface area contributed by atoms with Gasteiger partial charge in [-0.2, -0.15) is 0 Å². The zero-order valence-electron chi connectivity index (χ0n) is 11.9. The van der Waals surface area contributed by atoms with Crippen molar-refractivity contribution in [3.05, 3.63) is 23.5 Å². The first-order valence-corrected chi connectivity index (χ1v) is 6.62. The first-order valence-electron chi connectivity index (χ1n) is 6.62. The molecule has 5 heteroatoms. The molecular formula is C14H23N3O2. The fourth-order valence-electron chi connectivity index (χ4n) is 1.62. The predicted octanol–water partition coefficient (Wildman–Crippen LogP) is 1.91. The molecule has 0 saturated carbocycles. The number of unbranched alkanes of at least 4 members (excludes halogenated alkanes) is 1. The van der Waals surface area contributed by atoms with Gasteiger partial charge in [0, 0.05) is 13.2 Å². The summed E-state index contributed by atoms with van der Waals surface area (Å²) in [5.74, 6) is -0.123. The fraction of sp³-hybridized carbons (Fsp3) is 0.571. The molecule has 0 aliphatic rings. The number of hydrogen-bond donors (Lipinski definition) is 2.